The van der Waals surface area contributed by atoms with Gasteiger partial charge in [0.15, 0.2) is 5.82 Å². The van der Waals surface area contributed by atoms with Crippen molar-refractivity contribution >= 4 is 10.0 Å². The van der Waals surface area contributed by atoms with Crippen LogP contribution in [0, 0.1) is 6.92 Å². The quantitative estimate of drug-likeness (QED) is 0.920. The molecule has 1 N–H and O–H groups in total. The van der Waals surface area contributed by atoms with Crippen LogP contribution in [0.4, 0.5) is 0 Å². The molecule has 3 heterocycles. The van der Waals surface area contributed by atoms with Crippen molar-refractivity contribution in [2.45, 2.75) is 25.7 Å². The predicted octanol–water partition coefficient (Wildman–Crippen LogP) is 1.31. The fraction of sp³-hybridized carbons (Fsp3) is 0.500. The van der Waals surface area contributed by atoms with E-state index < -0.39 is 10.0 Å². The molecule has 0 radical (unpaired) electrons. The Morgan fingerprint density at radius 2 is 2.18 bits per heavy atom. The maximum atomic E-state index is 11.8. The van der Waals surface area contributed by atoms with Gasteiger partial charge in [-0.25, -0.2) is 27.7 Å². The number of hydrogen-bond acceptors (Lipinski definition) is 5. The smallest absolute Gasteiger partial charge is 0.211 e. The van der Waals surface area contributed by atoms with Gasteiger partial charge < -0.3 is 4.98 Å². The van der Waals surface area contributed by atoms with Gasteiger partial charge in [-0.2, -0.15) is 0 Å². The van der Waals surface area contributed by atoms with Gasteiger partial charge in [-0.1, -0.05) is 0 Å². The Bertz CT molecular complexity index is 758. The number of sulfonamides is 1. The first kappa shape index (κ1) is 15.1. The average molecular weight is 321 g/mol. The van der Waals surface area contributed by atoms with Gasteiger partial charge in [0.05, 0.1) is 6.26 Å². The maximum Gasteiger partial charge on any atom is 0.211 e. The summed E-state index contributed by atoms with van der Waals surface area (Å²) >= 11 is 0. The summed E-state index contributed by atoms with van der Waals surface area (Å²) in [4.78, 5) is 16.4. The van der Waals surface area contributed by atoms with E-state index >= 15 is 0 Å². The SMILES string of the molecule is Cc1cc(-c2ncc[nH]2)nc([C@@H]2CCCN(S(C)(=O)=O)C2)n1. The number of nitrogens with one attached hydrogen (secondary N) is 1. The number of aromatic amines is 1. The topological polar surface area (TPSA) is 91.8 Å². The van der Waals surface area contributed by atoms with Crippen molar-refractivity contribution in [1.29, 1.82) is 0 Å². The molecular formula is C14H19N5O2S. The van der Waals surface area contributed by atoms with E-state index in [4.69, 9.17) is 0 Å². The fourth-order valence-electron chi connectivity index (χ4n) is 2.76. The van der Waals surface area contributed by atoms with Gasteiger partial charge in [-0.05, 0) is 25.8 Å². The molecule has 1 fully saturated rings. The van der Waals surface area contributed by atoms with E-state index in [1.807, 2.05) is 13.0 Å². The molecule has 2 aromatic rings. The van der Waals surface area contributed by atoms with E-state index in [1.54, 1.807) is 12.4 Å². The first-order valence-corrected chi connectivity index (χ1v) is 9.09. The predicted molar refractivity (Wildman–Crippen MR) is 82.7 cm³/mol. The van der Waals surface area contributed by atoms with Crippen molar-refractivity contribution in [3.8, 4) is 11.5 Å². The molecule has 0 bridgehead atoms. The Hall–Kier alpha value is -1.80. The lowest BCUT2D eigenvalue weighted by Crippen LogP contribution is -2.38. The molecule has 0 spiro atoms. The number of aryl methyl sites for hydroxylation is 1. The van der Waals surface area contributed by atoms with Crippen molar-refractivity contribution in [2.24, 2.45) is 0 Å². The first-order valence-electron chi connectivity index (χ1n) is 7.24. The molecule has 8 heteroatoms. The number of hydrogen-bond donors (Lipinski definition) is 1. The summed E-state index contributed by atoms with van der Waals surface area (Å²) in [7, 11) is -3.17. The first-order chi connectivity index (χ1) is 10.4. The van der Waals surface area contributed by atoms with E-state index in [0.29, 0.717) is 24.7 Å². The van der Waals surface area contributed by atoms with Crippen LogP contribution in [-0.2, 0) is 10.0 Å². The zero-order valence-electron chi connectivity index (χ0n) is 12.7. The summed E-state index contributed by atoms with van der Waals surface area (Å²) in [5.74, 6) is 1.42. The van der Waals surface area contributed by atoms with Gasteiger partial charge in [0.1, 0.15) is 11.5 Å². The minimum absolute atomic E-state index is 0.0251. The Kier molecular flexibility index (Phi) is 3.96. The van der Waals surface area contributed by atoms with Crippen molar-refractivity contribution in [1.82, 2.24) is 24.2 Å². The number of nitrogens with zero attached hydrogens (tertiary/aromatic N) is 4. The number of imidazole rings is 1. The second-order valence-corrected chi connectivity index (χ2v) is 7.63. The van der Waals surface area contributed by atoms with Gasteiger partial charge in [-0.3, -0.25) is 0 Å². The lowest BCUT2D eigenvalue weighted by Gasteiger charge is -2.30. The Morgan fingerprint density at radius 1 is 1.36 bits per heavy atom. The second-order valence-electron chi connectivity index (χ2n) is 5.65. The highest BCUT2D eigenvalue weighted by Gasteiger charge is 2.28. The van der Waals surface area contributed by atoms with Crippen LogP contribution in [-0.4, -0.2) is 52.0 Å². The van der Waals surface area contributed by atoms with Crippen molar-refractivity contribution < 1.29 is 8.42 Å². The van der Waals surface area contributed by atoms with Crippen LogP contribution in [0.2, 0.25) is 0 Å². The number of piperidine rings is 1. The Balaban J connectivity index is 1.91. The standard InChI is InChI=1S/C14H19N5O2S/c1-10-8-12(14-15-5-6-16-14)18-13(17-10)11-4-3-7-19(9-11)22(2,20)21/h5-6,8,11H,3-4,7,9H2,1-2H3,(H,15,16)/t11-/m1/s1. The summed E-state index contributed by atoms with van der Waals surface area (Å²) in [5, 5.41) is 0. The van der Waals surface area contributed by atoms with E-state index in [9.17, 15) is 8.42 Å². The molecule has 2 aromatic heterocycles. The molecule has 3 rings (SSSR count). The summed E-state index contributed by atoms with van der Waals surface area (Å²) in [6, 6.07) is 1.87. The normalized spacial score (nSPS) is 20.2. The highest BCUT2D eigenvalue weighted by Crippen LogP contribution is 2.27. The van der Waals surface area contributed by atoms with Crippen LogP contribution in [0.15, 0.2) is 18.5 Å². The largest absolute Gasteiger partial charge is 0.343 e. The maximum absolute atomic E-state index is 11.8. The molecule has 1 aliphatic rings. The molecule has 0 aromatic carbocycles. The van der Waals surface area contributed by atoms with Gasteiger partial charge in [0.2, 0.25) is 10.0 Å². The molecule has 22 heavy (non-hydrogen) atoms. The number of H-pyrrole nitrogens is 1. The Morgan fingerprint density at radius 3 is 2.86 bits per heavy atom. The van der Waals surface area contributed by atoms with E-state index in [0.717, 1.165) is 24.2 Å². The van der Waals surface area contributed by atoms with Crippen LogP contribution >= 0.6 is 0 Å². The third-order valence-corrected chi connectivity index (χ3v) is 5.10. The zero-order valence-corrected chi connectivity index (χ0v) is 13.5. The Labute approximate surface area is 129 Å². The highest BCUT2D eigenvalue weighted by molar-refractivity contribution is 7.88. The molecule has 118 valence electrons. The molecule has 0 saturated carbocycles. The summed E-state index contributed by atoms with van der Waals surface area (Å²) in [5.41, 5.74) is 1.59. The number of aromatic nitrogens is 4. The van der Waals surface area contributed by atoms with Crippen LogP contribution in [0.5, 0.6) is 0 Å². The van der Waals surface area contributed by atoms with E-state index in [1.165, 1.54) is 10.6 Å². The van der Waals surface area contributed by atoms with Crippen LogP contribution < -0.4 is 0 Å². The third-order valence-electron chi connectivity index (χ3n) is 3.83. The summed E-state index contributed by atoms with van der Waals surface area (Å²) < 4.78 is 25.0. The monoisotopic (exact) mass is 321 g/mol. The third kappa shape index (κ3) is 3.17. The van der Waals surface area contributed by atoms with Crippen LogP contribution in [0.25, 0.3) is 11.5 Å². The second kappa shape index (κ2) is 5.77. The molecule has 7 nitrogen and oxygen atoms in total. The molecule has 0 amide bonds. The van der Waals surface area contributed by atoms with Gasteiger partial charge in [0.25, 0.3) is 0 Å². The molecule has 0 unspecified atom stereocenters. The minimum Gasteiger partial charge on any atom is -0.343 e. The van der Waals surface area contributed by atoms with E-state index in [-0.39, 0.29) is 5.92 Å². The van der Waals surface area contributed by atoms with E-state index in [2.05, 4.69) is 19.9 Å². The summed E-state index contributed by atoms with van der Waals surface area (Å²) in [6.07, 6.45) is 6.40. The van der Waals surface area contributed by atoms with Gasteiger partial charge in [0, 0.05) is 37.1 Å². The number of rotatable bonds is 3. The molecule has 0 aliphatic carbocycles. The minimum atomic E-state index is -3.17. The van der Waals surface area contributed by atoms with Crippen LogP contribution in [0.3, 0.4) is 0 Å². The lowest BCUT2D eigenvalue weighted by molar-refractivity contribution is 0.311. The molecule has 1 saturated heterocycles. The van der Waals surface area contributed by atoms with Crippen molar-refractivity contribution in [3.05, 3.63) is 30.0 Å². The fourth-order valence-corrected chi connectivity index (χ4v) is 3.67. The van der Waals surface area contributed by atoms with Crippen molar-refractivity contribution in [3.63, 3.8) is 0 Å². The van der Waals surface area contributed by atoms with Crippen molar-refractivity contribution in [2.75, 3.05) is 19.3 Å². The van der Waals surface area contributed by atoms with Crippen LogP contribution in [0.1, 0.15) is 30.3 Å². The summed E-state index contributed by atoms with van der Waals surface area (Å²) in [6.45, 7) is 2.93. The lowest BCUT2D eigenvalue weighted by atomic mass is 9.98. The molecule has 1 atom stereocenters. The van der Waals surface area contributed by atoms with Gasteiger partial charge >= 0.3 is 0 Å². The van der Waals surface area contributed by atoms with Gasteiger partial charge in [-0.15, -0.1) is 0 Å². The molecular weight excluding hydrogens is 302 g/mol. The molecule has 1 aliphatic heterocycles. The average Bonchev–Trinajstić information content (AvgIpc) is 3.00. The zero-order chi connectivity index (χ0) is 15.7. The highest BCUT2D eigenvalue weighted by atomic mass is 32.2.